The molecule has 0 atom stereocenters. The summed E-state index contributed by atoms with van der Waals surface area (Å²) in [6.07, 6.45) is 0. The Bertz CT molecular complexity index is 1160. The van der Waals surface area contributed by atoms with Crippen LogP contribution in [0.3, 0.4) is 0 Å². The van der Waals surface area contributed by atoms with Gasteiger partial charge in [-0.15, -0.1) is 21.5 Å². The van der Waals surface area contributed by atoms with E-state index in [0.717, 1.165) is 16.3 Å². The van der Waals surface area contributed by atoms with E-state index in [1.54, 1.807) is 30.5 Å². The molecule has 2 aromatic carbocycles. The lowest BCUT2D eigenvalue weighted by Gasteiger charge is -2.22. The predicted octanol–water partition coefficient (Wildman–Crippen LogP) is 5.14. The van der Waals surface area contributed by atoms with Gasteiger partial charge < -0.3 is 18.8 Å². The number of hydrogen-bond acceptors (Lipinski definition) is 8. The smallest absolute Gasteiger partial charge is 0.277 e. The number of thiophene rings is 1. The van der Waals surface area contributed by atoms with E-state index in [2.05, 4.69) is 10.2 Å². The minimum Gasteiger partial charge on any atom is -0.497 e. The highest BCUT2D eigenvalue weighted by atomic mass is 32.2. The molecular formula is C23H21N3O4S2. The van der Waals surface area contributed by atoms with Crippen molar-refractivity contribution in [3.05, 3.63) is 70.9 Å². The van der Waals surface area contributed by atoms with E-state index in [4.69, 9.17) is 13.9 Å². The lowest BCUT2D eigenvalue weighted by atomic mass is 10.2. The predicted molar refractivity (Wildman–Crippen MR) is 126 cm³/mol. The minimum absolute atomic E-state index is 0.0643. The lowest BCUT2D eigenvalue weighted by molar-refractivity contribution is -0.116. The number of para-hydroxylation sites is 1. The van der Waals surface area contributed by atoms with Gasteiger partial charge in [0.25, 0.3) is 11.1 Å². The molecule has 0 unspecified atom stereocenters. The van der Waals surface area contributed by atoms with E-state index >= 15 is 0 Å². The molecule has 0 saturated carbocycles. The van der Waals surface area contributed by atoms with Gasteiger partial charge in [-0.2, -0.15) is 0 Å². The number of ether oxygens (including phenoxy) is 2. The van der Waals surface area contributed by atoms with Crippen molar-refractivity contribution in [2.75, 3.05) is 24.9 Å². The summed E-state index contributed by atoms with van der Waals surface area (Å²) in [7, 11) is 3.20. The Balaban J connectivity index is 1.48. The van der Waals surface area contributed by atoms with Crippen LogP contribution in [0.25, 0.3) is 11.5 Å². The SMILES string of the molecule is COc1ccc(N(Cc2cccs2)C(=O)CSc2nnc(-c3ccccc3OC)o2)cc1. The number of benzene rings is 2. The number of carbonyl (C=O) groups is 1. The fraction of sp³-hybridized carbons (Fsp3) is 0.174. The van der Waals surface area contributed by atoms with Crippen molar-refractivity contribution in [3.8, 4) is 23.0 Å². The molecule has 0 fully saturated rings. The second-order valence-corrected chi connectivity index (χ2v) is 8.58. The number of hydrogen-bond donors (Lipinski definition) is 0. The molecule has 9 heteroatoms. The van der Waals surface area contributed by atoms with Crippen molar-refractivity contribution < 1.29 is 18.7 Å². The Morgan fingerprint density at radius 2 is 1.84 bits per heavy atom. The van der Waals surface area contributed by atoms with Crippen LogP contribution < -0.4 is 14.4 Å². The zero-order chi connectivity index (χ0) is 22.3. The van der Waals surface area contributed by atoms with Crippen LogP contribution >= 0.6 is 23.1 Å². The van der Waals surface area contributed by atoms with Crippen molar-refractivity contribution in [2.24, 2.45) is 0 Å². The fourth-order valence-corrected chi connectivity index (χ4v) is 4.38. The van der Waals surface area contributed by atoms with Gasteiger partial charge in [-0.3, -0.25) is 4.79 Å². The Kier molecular flexibility index (Phi) is 7.08. The molecule has 4 aromatic rings. The van der Waals surface area contributed by atoms with Gasteiger partial charge >= 0.3 is 0 Å². The van der Waals surface area contributed by atoms with Gasteiger partial charge in [-0.25, -0.2) is 0 Å². The van der Waals surface area contributed by atoms with Gasteiger partial charge in [-0.1, -0.05) is 30.0 Å². The van der Waals surface area contributed by atoms with Gasteiger partial charge in [0.15, 0.2) is 0 Å². The van der Waals surface area contributed by atoms with Gasteiger partial charge in [0.1, 0.15) is 11.5 Å². The molecule has 4 rings (SSSR count). The summed E-state index contributed by atoms with van der Waals surface area (Å²) in [6.45, 7) is 0.486. The van der Waals surface area contributed by atoms with Crippen molar-refractivity contribution in [3.63, 3.8) is 0 Å². The van der Waals surface area contributed by atoms with E-state index in [0.29, 0.717) is 29.0 Å². The van der Waals surface area contributed by atoms with Crippen molar-refractivity contribution in [1.29, 1.82) is 0 Å². The van der Waals surface area contributed by atoms with E-state index in [1.165, 1.54) is 11.8 Å². The third kappa shape index (κ3) is 5.12. The Morgan fingerprint density at radius 3 is 2.56 bits per heavy atom. The van der Waals surface area contributed by atoms with E-state index in [-0.39, 0.29) is 11.7 Å². The molecule has 0 radical (unpaired) electrons. The number of methoxy groups -OCH3 is 2. The minimum atomic E-state index is -0.0643. The first kappa shape index (κ1) is 21.9. The zero-order valence-electron chi connectivity index (χ0n) is 17.6. The van der Waals surface area contributed by atoms with E-state index in [1.807, 2.05) is 66.0 Å². The molecule has 2 aromatic heterocycles. The first-order valence-corrected chi connectivity index (χ1v) is 11.6. The standard InChI is InChI=1S/C23H21N3O4S2/c1-28-17-11-9-16(10-12-17)26(14-18-6-5-13-31-18)21(27)15-32-23-25-24-22(30-23)19-7-3-4-8-20(19)29-2/h3-13H,14-15H2,1-2H3. The summed E-state index contributed by atoms with van der Waals surface area (Å²) in [5.74, 6) is 1.82. The number of thioether (sulfide) groups is 1. The highest BCUT2D eigenvalue weighted by Gasteiger charge is 2.20. The molecule has 2 heterocycles. The van der Waals surface area contributed by atoms with Crippen LogP contribution in [0.5, 0.6) is 11.5 Å². The zero-order valence-corrected chi connectivity index (χ0v) is 19.2. The van der Waals surface area contributed by atoms with Crippen LogP contribution in [0.2, 0.25) is 0 Å². The summed E-state index contributed by atoms with van der Waals surface area (Å²) in [6, 6.07) is 18.8. The summed E-state index contributed by atoms with van der Waals surface area (Å²) < 4.78 is 16.3. The second-order valence-electron chi connectivity index (χ2n) is 6.62. The highest BCUT2D eigenvalue weighted by molar-refractivity contribution is 7.99. The van der Waals surface area contributed by atoms with Crippen LogP contribution in [-0.2, 0) is 11.3 Å². The number of aromatic nitrogens is 2. The number of nitrogens with zero attached hydrogens (tertiary/aromatic N) is 3. The average Bonchev–Trinajstić information content (AvgIpc) is 3.53. The van der Waals surface area contributed by atoms with Crippen LogP contribution in [0.1, 0.15) is 4.88 Å². The largest absolute Gasteiger partial charge is 0.497 e. The van der Waals surface area contributed by atoms with Gasteiger partial charge in [-0.05, 0) is 47.8 Å². The van der Waals surface area contributed by atoms with Crippen LogP contribution in [-0.4, -0.2) is 36.1 Å². The lowest BCUT2D eigenvalue weighted by Crippen LogP contribution is -2.31. The Hall–Kier alpha value is -3.30. The summed E-state index contributed by atoms with van der Waals surface area (Å²) >= 11 is 2.82. The molecule has 0 saturated heterocycles. The maximum atomic E-state index is 13.1. The molecule has 0 spiro atoms. The third-order valence-corrected chi connectivity index (χ3v) is 6.31. The molecule has 164 valence electrons. The molecule has 7 nitrogen and oxygen atoms in total. The van der Waals surface area contributed by atoms with E-state index < -0.39 is 0 Å². The average molecular weight is 468 g/mol. The third-order valence-electron chi connectivity index (χ3n) is 4.64. The first-order valence-electron chi connectivity index (χ1n) is 9.74. The Labute approximate surface area is 194 Å². The summed E-state index contributed by atoms with van der Waals surface area (Å²) in [4.78, 5) is 16.0. The molecule has 0 bridgehead atoms. The van der Waals surface area contributed by atoms with E-state index in [9.17, 15) is 4.79 Å². The quantitative estimate of drug-likeness (QED) is 0.315. The van der Waals surface area contributed by atoms with Gasteiger partial charge in [0, 0.05) is 10.6 Å². The molecule has 1 amide bonds. The maximum absolute atomic E-state index is 13.1. The summed E-state index contributed by atoms with van der Waals surface area (Å²) in [5.41, 5.74) is 1.50. The van der Waals surface area contributed by atoms with Crippen molar-refractivity contribution >= 4 is 34.7 Å². The molecular weight excluding hydrogens is 446 g/mol. The van der Waals surface area contributed by atoms with Crippen LogP contribution in [0.15, 0.2) is 75.7 Å². The number of anilines is 1. The van der Waals surface area contributed by atoms with Crippen LogP contribution in [0, 0.1) is 0 Å². The number of amides is 1. The molecule has 0 aliphatic carbocycles. The molecule has 32 heavy (non-hydrogen) atoms. The second kappa shape index (κ2) is 10.3. The van der Waals surface area contributed by atoms with Crippen LogP contribution in [0.4, 0.5) is 5.69 Å². The van der Waals surface area contributed by atoms with Gasteiger partial charge in [0.05, 0.1) is 32.1 Å². The maximum Gasteiger partial charge on any atom is 0.277 e. The highest BCUT2D eigenvalue weighted by Crippen LogP contribution is 2.31. The molecule has 0 aliphatic heterocycles. The topological polar surface area (TPSA) is 77.7 Å². The molecule has 0 N–H and O–H groups in total. The fourth-order valence-electron chi connectivity index (χ4n) is 3.04. The number of carbonyl (C=O) groups excluding carboxylic acids is 1. The molecule has 0 aliphatic rings. The van der Waals surface area contributed by atoms with Gasteiger partial charge in [0.2, 0.25) is 5.91 Å². The van der Waals surface area contributed by atoms with Crippen molar-refractivity contribution in [2.45, 2.75) is 11.8 Å². The Morgan fingerprint density at radius 1 is 1.03 bits per heavy atom. The monoisotopic (exact) mass is 467 g/mol. The summed E-state index contributed by atoms with van der Waals surface area (Å²) in [5, 5.41) is 10.5. The normalized spacial score (nSPS) is 10.7. The number of rotatable bonds is 9. The van der Waals surface area contributed by atoms with Crippen molar-refractivity contribution in [1.82, 2.24) is 10.2 Å². The first-order chi connectivity index (χ1) is 15.7.